The summed E-state index contributed by atoms with van der Waals surface area (Å²) >= 11 is 3.20. The number of carbonyl (C=O) groups excluding carboxylic acids is 2. The van der Waals surface area contributed by atoms with E-state index in [1.807, 2.05) is 0 Å². The van der Waals surface area contributed by atoms with Gasteiger partial charge in [-0.3, -0.25) is 0 Å². The number of esters is 2. The molecule has 0 bridgehead atoms. The van der Waals surface area contributed by atoms with Crippen molar-refractivity contribution in [2.24, 2.45) is 0 Å². The Kier molecular flexibility index (Phi) is 6.86. The molecule has 1 aliphatic rings. The van der Waals surface area contributed by atoms with Gasteiger partial charge in [-0.05, 0) is 77.4 Å². The normalized spacial score (nSPS) is 15.8. The van der Waals surface area contributed by atoms with E-state index in [9.17, 15) is 9.59 Å². The van der Waals surface area contributed by atoms with E-state index in [2.05, 4.69) is 21.2 Å². The molecule has 0 saturated carbocycles. The van der Waals surface area contributed by atoms with Crippen molar-refractivity contribution >= 4 is 27.9 Å². The summed E-state index contributed by atoms with van der Waals surface area (Å²) in [6.07, 6.45) is 0. The number of hydrogen-bond acceptors (Lipinski definition) is 5. The Morgan fingerprint density at radius 1 is 0.933 bits per heavy atom. The molecule has 1 aliphatic heterocycles. The average Bonchev–Trinajstić information content (AvgIpc) is 2.53. The van der Waals surface area contributed by atoms with E-state index >= 15 is 4.39 Å². The lowest BCUT2D eigenvalue weighted by Gasteiger charge is -2.33. The maximum absolute atomic E-state index is 15.2. The van der Waals surface area contributed by atoms with Crippen LogP contribution in [0.4, 0.5) is 4.39 Å². The van der Waals surface area contributed by atoms with Crippen LogP contribution < -0.4 is 5.32 Å². The van der Waals surface area contributed by atoms with Gasteiger partial charge in [-0.1, -0.05) is 12.1 Å². The molecule has 1 N–H and O–H groups in total. The zero-order chi connectivity index (χ0) is 23.0. The van der Waals surface area contributed by atoms with Gasteiger partial charge in [-0.15, -0.1) is 0 Å². The summed E-state index contributed by atoms with van der Waals surface area (Å²) in [4.78, 5) is 26.3. The number of ether oxygens (including phenoxy) is 2. The largest absolute Gasteiger partial charge is 0.457 e. The highest BCUT2D eigenvalue weighted by atomic mass is 79.9. The summed E-state index contributed by atoms with van der Waals surface area (Å²) in [5.41, 5.74) is 0.0185. The molecule has 0 radical (unpaired) electrons. The molecule has 0 unspecified atom stereocenters. The Morgan fingerprint density at radius 3 is 1.77 bits per heavy atom. The Labute approximate surface area is 185 Å². The monoisotopic (exact) mass is 481 g/mol. The van der Waals surface area contributed by atoms with E-state index in [0.717, 1.165) is 0 Å². The van der Waals surface area contributed by atoms with Gasteiger partial charge in [0.1, 0.15) is 17.0 Å². The molecular formula is C23H29BrFNO4. The standard InChI is InChI=1S/C23H29BrFNO4/c1-12-16(20(27)29-22(3,4)5)18(14-10-9-11-15(24)19(14)25)17(13(2)26-12)21(28)30-23(6,7)8/h9-11,18,26H,1-8H3. The van der Waals surface area contributed by atoms with Crippen LogP contribution in [0.3, 0.4) is 0 Å². The number of benzene rings is 1. The molecular weight excluding hydrogens is 453 g/mol. The molecule has 1 aromatic carbocycles. The van der Waals surface area contributed by atoms with Gasteiger partial charge < -0.3 is 14.8 Å². The van der Waals surface area contributed by atoms with Crippen molar-refractivity contribution in [2.45, 2.75) is 72.5 Å². The van der Waals surface area contributed by atoms with Crippen LogP contribution in [-0.4, -0.2) is 23.1 Å². The summed E-state index contributed by atoms with van der Waals surface area (Å²) < 4.78 is 26.6. The minimum Gasteiger partial charge on any atom is -0.457 e. The van der Waals surface area contributed by atoms with Crippen molar-refractivity contribution in [1.29, 1.82) is 0 Å². The van der Waals surface area contributed by atoms with Crippen molar-refractivity contribution in [3.63, 3.8) is 0 Å². The Bertz CT molecular complexity index is 886. The zero-order valence-corrected chi connectivity index (χ0v) is 20.3. The molecule has 0 fully saturated rings. The number of rotatable bonds is 3. The molecule has 164 valence electrons. The molecule has 1 aromatic rings. The topological polar surface area (TPSA) is 64.6 Å². The average molecular weight is 482 g/mol. The summed E-state index contributed by atoms with van der Waals surface area (Å²) in [5, 5.41) is 3.07. The van der Waals surface area contributed by atoms with E-state index in [1.54, 1.807) is 73.6 Å². The fraction of sp³-hybridized carbons (Fsp3) is 0.478. The first kappa shape index (κ1) is 24.1. The summed E-state index contributed by atoms with van der Waals surface area (Å²) in [5.74, 6) is -2.77. The van der Waals surface area contributed by atoms with Crippen LogP contribution in [0.15, 0.2) is 45.2 Å². The number of dihydropyridines is 1. The molecule has 1 heterocycles. The van der Waals surface area contributed by atoms with Crippen molar-refractivity contribution in [3.8, 4) is 0 Å². The van der Waals surface area contributed by atoms with Crippen LogP contribution in [0.1, 0.15) is 66.9 Å². The number of nitrogens with one attached hydrogen (secondary N) is 1. The predicted molar refractivity (Wildman–Crippen MR) is 117 cm³/mol. The van der Waals surface area contributed by atoms with Crippen LogP contribution in [0, 0.1) is 5.82 Å². The maximum atomic E-state index is 15.2. The fourth-order valence-electron chi connectivity index (χ4n) is 3.26. The molecule has 0 atom stereocenters. The molecule has 5 nitrogen and oxygen atoms in total. The summed E-state index contributed by atoms with van der Waals surface area (Å²) in [6.45, 7) is 13.9. The number of allylic oxidation sites excluding steroid dienone is 2. The Morgan fingerprint density at radius 2 is 1.37 bits per heavy atom. The SMILES string of the molecule is CC1=C(C(=O)OC(C)(C)C)C(c2cccc(Br)c2F)C(C(=O)OC(C)(C)C)=C(C)N1. The molecule has 0 saturated heterocycles. The van der Waals surface area contributed by atoms with E-state index < -0.39 is 34.9 Å². The predicted octanol–water partition coefficient (Wildman–Crippen LogP) is 5.51. The lowest BCUT2D eigenvalue weighted by molar-refractivity contribution is -0.150. The van der Waals surface area contributed by atoms with Crippen LogP contribution >= 0.6 is 15.9 Å². The molecule has 0 spiro atoms. The van der Waals surface area contributed by atoms with Gasteiger partial charge in [0, 0.05) is 17.0 Å². The molecule has 7 heteroatoms. The quantitative estimate of drug-likeness (QED) is 0.576. The highest BCUT2D eigenvalue weighted by Crippen LogP contribution is 2.42. The zero-order valence-electron chi connectivity index (χ0n) is 18.7. The lowest BCUT2D eigenvalue weighted by Crippen LogP contribution is -2.36. The first-order chi connectivity index (χ1) is 13.6. The third-order valence-electron chi connectivity index (χ3n) is 4.29. The lowest BCUT2D eigenvalue weighted by atomic mass is 9.80. The molecule has 30 heavy (non-hydrogen) atoms. The van der Waals surface area contributed by atoms with Gasteiger partial charge in [0.15, 0.2) is 0 Å². The smallest absolute Gasteiger partial charge is 0.337 e. The van der Waals surface area contributed by atoms with Crippen LogP contribution in [0.2, 0.25) is 0 Å². The molecule has 2 rings (SSSR count). The van der Waals surface area contributed by atoms with Gasteiger partial charge in [0.25, 0.3) is 0 Å². The van der Waals surface area contributed by atoms with E-state index in [1.165, 1.54) is 0 Å². The van der Waals surface area contributed by atoms with E-state index in [0.29, 0.717) is 11.4 Å². The molecule has 0 amide bonds. The van der Waals surface area contributed by atoms with E-state index in [-0.39, 0.29) is 21.2 Å². The van der Waals surface area contributed by atoms with Gasteiger partial charge in [-0.2, -0.15) is 0 Å². The maximum Gasteiger partial charge on any atom is 0.337 e. The second-order valence-electron chi connectivity index (χ2n) is 9.28. The first-order valence-electron chi connectivity index (χ1n) is 9.71. The van der Waals surface area contributed by atoms with Gasteiger partial charge in [-0.25, -0.2) is 14.0 Å². The van der Waals surface area contributed by atoms with Crippen molar-refractivity contribution in [2.75, 3.05) is 0 Å². The second-order valence-corrected chi connectivity index (χ2v) is 10.1. The van der Waals surface area contributed by atoms with Crippen molar-refractivity contribution in [1.82, 2.24) is 5.32 Å². The summed E-state index contributed by atoms with van der Waals surface area (Å²) in [6, 6.07) is 4.79. The minimum absolute atomic E-state index is 0.174. The highest BCUT2D eigenvalue weighted by molar-refractivity contribution is 9.10. The highest BCUT2D eigenvalue weighted by Gasteiger charge is 2.41. The van der Waals surface area contributed by atoms with Gasteiger partial charge in [0.05, 0.1) is 21.5 Å². The first-order valence-corrected chi connectivity index (χ1v) is 10.5. The Balaban J connectivity index is 2.72. The van der Waals surface area contributed by atoms with Crippen molar-refractivity contribution < 1.29 is 23.5 Å². The van der Waals surface area contributed by atoms with Crippen LogP contribution in [-0.2, 0) is 19.1 Å². The van der Waals surface area contributed by atoms with Gasteiger partial charge in [0.2, 0.25) is 0 Å². The third kappa shape index (κ3) is 5.50. The number of carbonyl (C=O) groups is 2. The molecule has 0 aliphatic carbocycles. The van der Waals surface area contributed by atoms with Crippen LogP contribution in [0.25, 0.3) is 0 Å². The third-order valence-corrected chi connectivity index (χ3v) is 4.90. The summed E-state index contributed by atoms with van der Waals surface area (Å²) in [7, 11) is 0. The fourth-order valence-corrected chi connectivity index (χ4v) is 3.64. The minimum atomic E-state index is -0.978. The van der Waals surface area contributed by atoms with E-state index in [4.69, 9.17) is 9.47 Å². The Hall–Kier alpha value is -2.15. The van der Waals surface area contributed by atoms with Gasteiger partial charge >= 0.3 is 11.9 Å². The number of halogens is 2. The second kappa shape index (κ2) is 8.53. The van der Waals surface area contributed by atoms with Crippen molar-refractivity contribution in [3.05, 3.63) is 56.6 Å². The van der Waals surface area contributed by atoms with Crippen LogP contribution in [0.5, 0.6) is 0 Å². The number of hydrogen-bond donors (Lipinski definition) is 1. The molecule has 0 aromatic heterocycles.